The van der Waals surface area contributed by atoms with Gasteiger partial charge in [0, 0.05) is 16.9 Å². The number of hydrogen-bond donors (Lipinski definition) is 0. The van der Waals surface area contributed by atoms with Crippen LogP contribution in [0.5, 0.6) is 0 Å². The molecule has 14 heavy (non-hydrogen) atoms. The van der Waals surface area contributed by atoms with E-state index in [0.29, 0.717) is 0 Å². The summed E-state index contributed by atoms with van der Waals surface area (Å²) in [5.74, 6) is 1.72. The number of rotatable bonds is 3. The molecule has 2 nitrogen and oxygen atoms in total. The average Bonchev–Trinajstić information content (AvgIpc) is 2.68. The van der Waals surface area contributed by atoms with Crippen LogP contribution in [0.1, 0.15) is 5.56 Å². The molecule has 1 aromatic heterocycles. The van der Waals surface area contributed by atoms with Gasteiger partial charge >= 0.3 is 0 Å². The summed E-state index contributed by atoms with van der Waals surface area (Å²) >= 11 is 1.74. The van der Waals surface area contributed by atoms with E-state index in [2.05, 4.69) is 17.6 Å². The fourth-order valence-electron chi connectivity index (χ4n) is 1.29. The Balaban J connectivity index is 2.37. The molecule has 1 heterocycles. The lowest BCUT2D eigenvalue weighted by molar-refractivity contribution is 0.430. The van der Waals surface area contributed by atoms with Gasteiger partial charge in [-0.1, -0.05) is 35.5 Å². The van der Waals surface area contributed by atoms with Crippen LogP contribution in [0.4, 0.5) is 0 Å². The van der Waals surface area contributed by atoms with Crippen LogP contribution in [0.3, 0.4) is 0 Å². The quantitative estimate of drug-likeness (QED) is 0.768. The summed E-state index contributed by atoms with van der Waals surface area (Å²) in [6.45, 7) is 0. The molecule has 3 heteroatoms. The predicted molar refractivity (Wildman–Crippen MR) is 58.0 cm³/mol. The van der Waals surface area contributed by atoms with E-state index in [1.165, 1.54) is 0 Å². The summed E-state index contributed by atoms with van der Waals surface area (Å²) < 4.78 is 5.18. The molecule has 0 aliphatic rings. The molecule has 0 unspecified atom stereocenters. The Bertz CT molecular complexity index is 397. The molecule has 0 spiro atoms. The molecule has 2 rings (SSSR count). The molecule has 0 saturated carbocycles. The van der Waals surface area contributed by atoms with Gasteiger partial charge in [0.15, 0.2) is 5.76 Å². The zero-order valence-electron chi connectivity index (χ0n) is 7.86. The Morgan fingerprint density at radius 3 is 2.86 bits per heavy atom. The van der Waals surface area contributed by atoms with E-state index in [1.807, 2.05) is 30.3 Å². The van der Waals surface area contributed by atoms with Crippen LogP contribution >= 0.6 is 11.8 Å². The maximum Gasteiger partial charge on any atom is 0.171 e. The summed E-state index contributed by atoms with van der Waals surface area (Å²) in [6.07, 6.45) is 4.92. The predicted octanol–water partition coefficient (Wildman–Crippen LogP) is 3.00. The Morgan fingerprint density at radius 1 is 1.36 bits per heavy atom. The highest BCUT2D eigenvalue weighted by Crippen LogP contribution is 2.25. The van der Waals surface area contributed by atoms with Gasteiger partial charge in [-0.05, 0) is 6.26 Å². The monoisotopic (exact) mass is 204 g/mol. The van der Waals surface area contributed by atoms with Crippen molar-refractivity contribution in [2.45, 2.75) is 5.75 Å². The van der Waals surface area contributed by atoms with Crippen LogP contribution in [0.2, 0.25) is 0 Å². The van der Waals surface area contributed by atoms with Gasteiger partial charge in [-0.2, -0.15) is 11.8 Å². The molecule has 1 aromatic carbocycles. The minimum absolute atomic E-state index is 0.833. The van der Waals surface area contributed by atoms with E-state index in [0.717, 1.165) is 22.6 Å². The van der Waals surface area contributed by atoms with Crippen LogP contribution in [-0.2, 0) is 5.75 Å². The summed E-state index contributed by atoms with van der Waals surface area (Å²) in [7, 11) is 0. The Morgan fingerprint density at radius 2 is 2.14 bits per heavy atom. The number of hydrogen-bond acceptors (Lipinski definition) is 3. The zero-order valence-corrected chi connectivity index (χ0v) is 8.67. The number of aromatic nitrogens is 1. The van der Waals surface area contributed by atoms with Crippen molar-refractivity contribution < 1.29 is 4.52 Å². The Hall–Kier alpha value is -1.22. The smallest absolute Gasteiger partial charge is 0.171 e. The maximum atomic E-state index is 5.18. The van der Waals surface area contributed by atoms with Crippen molar-refractivity contribution in [3.8, 4) is 11.3 Å². The topological polar surface area (TPSA) is 26.0 Å². The molecular formula is C11H10NOS. The van der Waals surface area contributed by atoms with Gasteiger partial charge in [0.2, 0.25) is 0 Å². The molecule has 0 atom stereocenters. The van der Waals surface area contributed by atoms with E-state index in [9.17, 15) is 0 Å². The fourth-order valence-corrected chi connectivity index (χ4v) is 1.77. The highest BCUT2D eigenvalue weighted by atomic mass is 32.2. The van der Waals surface area contributed by atoms with E-state index < -0.39 is 0 Å². The third-order valence-corrected chi connectivity index (χ3v) is 2.49. The van der Waals surface area contributed by atoms with Gasteiger partial charge < -0.3 is 4.52 Å². The van der Waals surface area contributed by atoms with Gasteiger partial charge in [0.1, 0.15) is 6.20 Å². The SMILES string of the molecule is CSCc1[c]noc1-c1ccccc1. The molecular weight excluding hydrogens is 194 g/mol. The summed E-state index contributed by atoms with van der Waals surface area (Å²) in [5.41, 5.74) is 2.09. The molecule has 0 fully saturated rings. The second-order valence-corrected chi connectivity index (χ2v) is 3.77. The summed E-state index contributed by atoms with van der Waals surface area (Å²) in [6, 6.07) is 9.98. The zero-order chi connectivity index (χ0) is 9.80. The molecule has 1 radical (unpaired) electrons. The van der Waals surface area contributed by atoms with Crippen molar-refractivity contribution in [3.05, 3.63) is 42.1 Å². The lowest BCUT2D eigenvalue weighted by Crippen LogP contribution is -1.81. The lowest BCUT2D eigenvalue weighted by Gasteiger charge is -1.97. The normalized spacial score (nSPS) is 10.4. The van der Waals surface area contributed by atoms with E-state index in [-0.39, 0.29) is 0 Å². The molecule has 0 amide bonds. The highest BCUT2D eigenvalue weighted by Gasteiger charge is 2.09. The van der Waals surface area contributed by atoms with Crippen molar-refractivity contribution in [2.24, 2.45) is 0 Å². The second kappa shape index (κ2) is 4.33. The highest BCUT2D eigenvalue weighted by molar-refractivity contribution is 7.97. The minimum atomic E-state index is 0.833. The van der Waals surface area contributed by atoms with Crippen molar-refractivity contribution in [3.63, 3.8) is 0 Å². The van der Waals surface area contributed by atoms with Crippen molar-refractivity contribution in [1.29, 1.82) is 0 Å². The third-order valence-electron chi connectivity index (χ3n) is 1.92. The largest absolute Gasteiger partial charge is 0.355 e. The lowest BCUT2D eigenvalue weighted by atomic mass is 10.1. The molecule has 0 aliphatic carbocycles. The molecule has 0 saturated heterocycles. The van der Waals surface area contributed by atoms with Crippen LogP contribution in [0, 0.1) is 6.20 Å². The van der Waals surface area contributed by atoms with Crippen molar-refractivity contribution in [1.82, 2.24) is 5.16 Å². The molecule has 71 valence electrons. The first kappa shape index (κ1) is 9.34. The van der Waals surface area contributed by atoms with Crippen molar-refractivity contribution >= 4 is 11.8 Å². The van der Waals surface area contributed by atoms with Crippen LogP contribution in [0.25, 0.3) is 11.3 Å². The maximum absolute atomic E-state index is 5.18. The molecule has 0 aliphatic heterocycles. The number of nitrogens with zero attached hydrogens (tertiary/aromatic N) is 1. The third kappa shape index (κ3) is 1.82. The summed E-state index contributed by atoms with van der Waals surface area (Å²) in [4.78, 5) is 0. The second-order valence-electron chi connectivity index (χ2n) is 2.90. The molecule has 0 N–H and O–H groups in total. The number of thioether (sulfide) groups is 1. The Labute approximate surface area is 87.3 Å². The van der Waals surface area contributed by atoms with Gasteiger partial charge in [-0.15, -0.1) is 0 Å². The van der Waals surface area contributed by atoms with Crippen LogP contribution < -0.4 is 0 Å². The average molecular weight is 204 g/mol. The van der Waals surface area contributed by atoms with Gasteiger partial charge in [0.05, 0.1) is 0 Å². The van der Waals surface area contributed by atoms with Crippen LogP contribution in [0.15, 0.2) is 34.9 Å². The van der Waals surface area contributed by atoms with E-state index in [1.54, 1.807) is 11.8 Å². The first-order chi connectivity index (χ1) is 6.92. The molecule has 0 bridgehead atoms. The number of benzene rings is 1. The van der Waals surface area contributed by atoms with Crippen LogP contribution in [-0.4, -0.2) is 11.4 Å². The van der Waals surface area contributed by atoms with Gasteiger partial charge in [0.25, 0.3) is 0 Å². The minimum Gasteiger partial charge on any atom is -0.355 e. The first-order valence-electron chi connectivity index (χ1n) is 4.32. The Kier molecular flexibility index (Phi) is 2.89. The fraction of sp³-hybridized carbons (Fsp3) is 0.182. The van der Waals surface area contributed by atoms with E-state index in [4.69, 9.17) is 4.52 Å². The van der Waals surface area contributed by atoms with Gasteiger partial charge in [-0.3, -0.25) is 0 Å². The van der Waals surface area contributed by atoms with E-state index >= 15 is 0 Å². The van der Waals surface area contributed by atoms with Gasteiger partial charge in [-0.25, -0.2) is 0 Å². The molecule has 2 aromatic rings. The summed E-state index contributed by atoms with van der Waals surface area (Å²) in [5, 5.41) is 3.70. The standard InChI is InChI=1S/C11H10NOS/c1-14-8-10-7-12-13-11(10)9-5-3-2-4-6-9/h2-6H,8H2,1H3. The first-order valence-corrected chi connectivity index (χ1v) is 5.72. The van der Waals surface area contributed by atoms with Crippen molar-refractivity contribution in [2.75, 3.05) is 6.26 Å².